The summed E-state index contributed by atoms with van der Waals surface area (Å²) in [7, 11) is 0. The lowest BCUT2D eigenvalue weighted by molar-refractivity contribution is -0.114. The van der Waals surface area contributed by atoms with Gasteiger partial charge < -0.3 is 20.4 Å². The average molecular weight is 366 g/mol. The van der Waals surface area contributed by atoms with Crippen LogP contribution in [0.4, 0.5) is 21.9 Å². The van der Waals surface area contributed by atoms with Crippen molar-refractivity contribution < 1.29 is 9.59 Å². The fraction of sp³-hybridized carbons (Fsp3) is 0.333. The summed E-state index contributed by atoms with van der Waals surface area (Å²) in [4.78, 5) is 27.9. The number of nitrogens with one attached hydrogen (secondary N) is 2. The third-order valence-corrected chi connectivity index (χ3v) is 4.92. The molecule has 0 aliphatic carbocycles. The molecule has 2 aromatic rings. The molecule has 1 heterocycles. The number of hydrogen-bond acceptors (Lipinski definition) is 3. The molecular formula is C21H26N4O2. The van der Waals surface area contributed by atoms with E-state index in [1.54, 1.807) is 18.2 Å². The average Bonchev–Trinajstić information content (AvgIpc) is 2.64. The van der Waals surface area contributed by atoms with E-state index in [9.17, 15) is 9.59 Å². The fourth-order valence-electron chi connectivity index (χ4n) is 3.31. The summed E-state index contributed by atoms with van der Waals surface area (Å²) in [6.45, 7) is 8.69. The summed E-state index contributed by atoms with van der Waals surface area (Å²) in [5.74, 6) is -0.138. The summed E-state index contributed by atoms with van der Waals surface area (Å²) in [5, 5.41) is 5.64. The summed E-state index contributed by atoms with van der Waals surface area (Å²) < 4.78 is 0. The summed E-state index contributed by atoms with van der Waals surface area (Å²) >= 11 is 0. The number of carbonyl (C=O) groups excluding carboxylic acids is 2. The lowest BCUT2D eigenvalue weighted by atomic mass is 10.1. The zero-order valence-corrected chi connectivity index (χ0v) is 16.1. The molecule has 2 N–H and O–H groups in total. The van der Waals surface area contributed by atoms with Crippen molar-refractivity contribution in [3.63, 3.8) is 0 Å². The van der Waals surface area contributed by atoms with Gasteiger partial charge in [0.1, 0.15) is 0 Å². The lowest BCUT2D eigenvalue weighted by Crippen LogP contribution is -2.50. The summed E-state index contributed by atoms with van der Waals surface area (Å²) in [6.07, 6.45) is 0. The molecule has 0 saturated carbocycles. The van der Waals surface area contributed by atoms with E-state index in [0.29, 0.717) is 24.5 Å². The van der Waals surface area contributed by atoms with Gasteiger partial charge in [0.25, 0.3) is 0 Å². The Labute approximate surface area is 160 Å². The Hall–Kier alpha value is -3.02. The molecule has 27 heavy (non-hydrogen) atoms. The van der Waals surface area contributed by atoms with Crippen molar-refractivity contribution in [3.05, 3.63) is 53.6 Å². The molecule has 3 amide bonds. The van der Waals surface area contributed by atoms with Gasteiger partial charge in [0, 0.05) is 50.2 Å². The zero-order valence-electron chi connectivity index (χ0n) is 16.1. The largest absolute Gasteiger partial charge is 0.368 e. The molecule has 6 nitrogen and oxygen atoms in total. The van der Waals surface area contributed by atoms with Crippen LogP contribution in [0.2, 0.25) is 0 Å². The number of carbonyl (C=O) groups is 2. The normalized spacial score (nSPS) is 14.0. The highest BCUT2D eigenvalue weighted by molar-refractivity contribution is 5.92. The van der Waals surface area contributed by atoms with Gasteiger partial charge in [-0.25, -0.2) is 4.79 Å². The third-order valence-electron chi connectivity index (χ3n) is 4.92. The first kappa shape index (κ1) is 18.8. The maximum Gasteiger partial charge on any atom is 0.321 e. The number of piperazine rings is 1. The lowest BCUT2D eigenvalue weighted by Gasteiger charge is -2.37. The molecule has 3 rings (SSSR count). The van der Waals surface area contributed by atoms with E-state index < -0.39 is 0 Å². The monoisotopic (exact) mass is 366 g/mol. The second kappa shape index (κ2) is 8.12. The molecule has 1 fully saturated rings. The van der Waals surface area contributed by atoms with Crippen LogP contribution < -0.4 is 15.5 Å². The molecule has 0 spiro atoms. The first-order valence-electron chi connectivity index (χ1n) is 9.19. The molecule has 1 aliphatic rings. The van der Waals surface area contributed by atoms with E-state index >= 15 is 0 Å². The predicted octanol–water partition coefficient (Wildman–Crippen LogP) is 3.62. The fourth-order valence-corrected chi connectivity index (χ4v) is 3.31. The topological polar surface area (TPSA) is 64.7 Å². The number of benzene rings is 2. The molecule has 0 atom stereocenters. The summed E-state index contributed by atoms with van der Waals surface area (Å²) in [5.41, 5.74) is 5.17. The Kier molecular flexibility index (Phi) is 5.64. The minimum atomic E-state index is -0.138. The van der Waals surface area contributed by atoms with Crippen LogP contribution in [0.1, 0.15) is 18.1 Å². The quantitative estimate of drug-likeness (QED) is 0.872. The smallest absolute Gasteiger partial charge is 0.321 e. The van der Waals surface area contributed by atoms with Crippen molar-refractivity contribution in [3.8, 4) is 0 Å². The number of nitrogens with zero attached hydrogens (tertiary/aromatic N) is 2. The maximum atomic E-state index is 12.6. The first-order valence-corrected chi connectivity index (χ1v) is 9.19. The molecule has 2 aromatic carbocycles. The second-order valence-electron chi connectivity index (χ2n) is 6.89. The Morgan fingerprint density at radius 1 is 0.889 bits per heavy atom. The number of rotatable bonds is 3. The van der Waals surface area contributed by atoms with Crippen molar-refractivity contribution in [1.29, 1.82) is 0 Å². The van der Waals surface area contributed by atoms with Gasteiger partial charge in [-0.1, -0.05) is 18.2 Å². The van der Waals surface area contributed by atoms with Crippen LogP contribution in [0.15, 0.2) is 42.5 Å². The van der Waals surface area contributed by atoms with Crippen LogP contribution in [0, 0.1) is 13.8 Å². The molecule has 0 aromatic heterocycles. The molecule has 1 aliphatic heterocycles. The first-order chi connectivity index (χ1) is 12.9. The highest BCUT2D eigenvalue weighted by atomic mass is 16.2. The number of aryl methyl sites for hydroxylation is 1. The van der Waals surface area contributed by atoms with Crippen LogP contribution in [0.3, 0.4) is 0 Å². The van der Waals surface area contributed by atoms with Gasteiger partial charge in [0.2, 0.25) is 5.91 Å². The zero-order chi connectivity index (χ0) is 19.4. The molecule has 1 saturated heterocycles. The van der Waals surface area contributed by atoms with Gasteiger partial charge in [-0.05, 0) is 49.2 Å². The van der Waals surface area contributed by atoms with Crippen LogP contribution in [-0.4, -0.2) is 43.0 Å². The van der Waals surface area contributed by atoms with Crippen LogP contribution >= 0.6 is 0 Å². The highest BCUT2D eigenvalue weighted by Crippen LogP contribution is 2.24. The number of anilines is 3. The second-order valence-corrected chi connectivity index (χ2v) is 6.89. The van der Waals surface area contributed by atoms with Crippen molar-refractivity contribution in [2.45, 2.75) is 20.8 Å². The van der Waals surface area contributed by atoms with Gasteiger partial charge in [-0.2, -0.15) is 0 Å². The SMILES string of the molecule is CC(=O)Nc1cccc(NC(=O)N2CCN(c3cccc(C)c3C)CC2)c1. The van der Waals surface area contributed by atoms with E-state index in [2.05, 4.69) is 47.6 Å². The van der Waals surface area contributed by atoms with Crippen molar-refractivity contribution >= 4 is 29.0 Å². The van der Waals surface area contributed by atoms with Gasteiger partial charge >= 0.3 is 6.03 Å². The molecule has 0 bridgehead atoms. The predicted molar refractivity (Wildman–Crippen MR) is 109 cm³/mol. The molecule has 6 heteroatoms. The van der Waals surface area contributed by atoms with Crippen molar-refractivity contribution in [1.82, 2.24) is 4.90 Å². The van der Waals surface area contributed by atoms with Crippen molar-refractivity contribution in [2.24, 2.45) is 0 Å². The van der Waals surface area contributed by atoms with Gasteiger partial charge in [-0.3, -0.25) is 4.79 Å². The third kappa shape index (κ3) is 4.58. The van der Waals surface area contributed by atoms with Gasteiger partial charge in [0.15, 0.2) is 0 Å². The van der Waals surface area contributed by atoms with E-state index in [4.69, 9.17) is 0 Å². The van der Waals surface area contributed by atoms with E-state index in [1.165, 1.54) is 23.7 Å². The summed E-state index contributed by atoms with van der Waals surface area (Å²) in [6, 6.07) is 13.4. The van der Waals surface area contributed by atoms with Crippen LogP contribution in [0.5, 0.6) is 0 Å². The van der Waals surface area contributed by atoms with E-state index in [0.717, 1.165) is 13.1 Å². The highest BCUT2D eigenvalue weighted by Gasteiger charge is 2.22. The van der Waals surface area contributed by atoms with Crippen LogP contribution in [-0.2, 0) is 4.79 Å². The van der Waals surface area contributed by atoms with Gasteiger partial charge in [0.05, 0.1) is 0 Å². The Bertz CT molecular complexity index is 842. The molecule has 142 valence electrons. The Balaban J connectivity index is 1.59. The molecule has 0 unspecified atom stereocenters. The Morgan fingerprint density at radius 2 is 1.52 bits per heavy atom. The number of urea groups is 1. The Morgan fingerprint density at radius 3 is 2.19 bits per heavy atom. The molecule has 0 radical (unpaired) electrons. The number of hydrogen-bond donors (Lipinski definition) is 2. The van der Waals surface area contributed by atoms with Crippen molar-refractivity contribution in [2.75, 3.05) is 41.7 Å². The molecular weight excluding hydrogens is 340 g/mol. The van der Waals surface area contributed by atoms with Crippen LogP contribution in [0.25, 0.3) is 0 Å². The van der Waals surface area contributed by atoms with E-state index in [-0.39, 0.29) is 11.9 Å². The van der Waals surface area contributed by atoms with E-state index in [1.807, 2.05) is 11.0 Å². The minimum absolute atomic E-state index is 0.115. The number of amides is 3. The standard InChI is InChI=1S/C21H26N4O2/c1-15-6-4-9-20(16(15)2)24-10-12-25(13-11-24)21(27)23-19-8-5-7-18(14-19)22-17(3)26/h4-9,14H,10-13H2,1-3H3,(H,22,26)(H,23,27). The minimum Gasteiger partial charge on any atom is -0.368 e. The van der Waals surface area contributed by atoms with Gasteiger partial charge in [-0.15, -0.1) is 0 Å². The maximum absolute atomic E-state index is 12.6.